The third-order valence-corrected chi connectivity index (χ3v) is 3.24. The van der Waals surface area contributed by atoms with Gasteiger partial charge in [0.15, 0.2) is 0 Å². The molecule has 2 nitrogen and oxygen atoms in total. The lowest BCUT2D eigenvalue weighted by Crippen LogP contribution is -2.00. The van der Waals surface area contributed by atoms with Crippen molar-refractivity contribution in [3.05, 3.63) is 19.1 Å². The van der Waals surface area contributed by atoms with Crippen LogP contribution in [-0.4, -0.2) is 12.6 Å². The standard InChI is InChI=1S/C17H31O2/c1-3-4-5-6-7-8-9-10-11-12-13-14-15-16-19-17(2)18/h3-4H,1,5-16H2,2H3. The normalized spacial score (nSPS) is 11.1. The van der Waals surface area contributed by atoms with E-state index in [2.05, 4.69) is 13.0 Å². The molecule has 0 aromatic rings. The number of ether oxygens (including phenoxy) is 1. The maximum Gasteiger partial charge on any atom is 0.302 e. The zero-order valence-corrected chi connectivity index (χ0v) is 12.7. The lowest BCUT2D eigenvalue weighted by molar-refractivity contribution is -0.141. The highest BCUT2D eigenvalue weighted by atomic mass is 16.5. The Labute approximate surface area is 119 Å². The van der Waals surface area contributed by atoms with E-state index >= 15 is 0 Å². The number of esters is 1. The molecule has 0 aliphatic carbocycles. The van der Waals surface area contributed by atoms with Crippen molar-refractivity contribution in [1.29, 1.82) is 0 Å². The average molecular weight is 267 g/mol. The molecule has 0 saturated carbocycles. The van der Waals surface area contributed by atoms with Gasteiger partial charge in [0.25, 0.3) is 0 Å². The Bertz CT molecular complexity index is 221. The summed E-state index contributed by atoms with van der Waals surface area (Å²) in [7, 11) is 0. The van der Waals surface area contributed by atoms with Gasteiger partial charge in [-0.25, -0.2) is 0 Å². The van der Waals surface area contributed by atoms with E-state index in [-0.39, 0.29) is 5.97 Å². The van der Waals surface area contributed by atoms with Crippen molar-refractivity contribution in [3.63, 3.8) is 0 Å². The first-order chi connectivity index (χ1) is 9.27. The Morgan fingerprint density at radius 1 is 0.895 bits per heavy atom. The van der Waals surface area contributed by atoms with Crippen molar-refractivity contribution in [2.24, 2.45) is 0 Å². The second kappa shape index (κ2) is 15.3. The van der Waals surface area contributed by atoms with Crippen molar-refractivity contribution >= 4 is 5.97 Å². The fraction of sp³-hybridized carbons (Fsp3) is 0.765. The van der Waals surface area contributed by atoms with Gasteiger partial charge in [0.05, 0.1) is 6.61 Å². The predicted molar refractivity (Wildman–Crippen MR) is 81.9 cm³/mol. The minimum absolute atomic E-state index is 0.161. The van der Waals surface area contributed by atoms with E-state index < -0.39 is 0 Å². The highest BCUT2D eigenvalue weighted by Gasteiger charge is 1.94. The topological polar surface area (TPSA) is 26.3 Å². The number of hydrogen-bond acceptors (Lipinski definition) is 2. The Hall–Kier alpha value is -0.790. The molecule has 0 atom stereocenters. The first-order valence-electron chi connectivity index (χ1n) is 7.85. The van der Waals surface area contributed by atoms with E-state index in [0.717, 1.165) is 6.42 Å². The van der Waals surface area contributed by atoms with Crippen LogP contribution in [-0.2, 0) is 9.53 Å². The maximum atomic E-state index is 10.5. The molecule has 0 N–H and O–H groups in total. The number of rotatable bonds is 13. The molecule has 0 aromatic heterocycles. The lowest BCUT2D eigenvalue weighted by atomic mass is 10.1. The molecular weight excluding hydrogens is 236 g/mol. The van der Waals surface area contributed by atoms with Gasteiger partial charge in [-0.1, -0.05) is 63.5 Å². The van der Waals surface area contributed by atoms with Crippen LogP contribution < -0.4 is 0 Å². The van der Waals surface area contributed by atoms with Gasteiger partial charge < -0.3 is 4.74 Å². The Kier molecular flexibility index (Phi) is 14.6. The van der Waals surface area contributed by atoms with Crippen LogP contribution in [0.15, 0.2) is 12.2 Å². The van der Waals surface area contributed by atoms with Crippen LogP contribution in [0.25, 0.3) is 0 Å². The molecule has 111 valence electrons. The van der Waals surface area contributed by atoms with Gasteiger partial charge >= 0.3 is 5.97 Å². The molecule has 0 aliphatic rings. The zero-order valence-electron chi connectivity index (χ0n) is 12.7. The number of unbranched alkanes of at least 4 members (excludes halogenated alkanes) is 10. The van der Waals surface area contributed by atoms with E-state index in [0.29, 0.717) is 6.61 Å². The van der Waals surface area contributed by atoms with Crippen molar-refractivity contribution in [3.8, 4) is 0 Å². The maximum absolute atomic E-state index is 10.5. The highest BCUT2D eigenvalue weighted by molar-refractivity contribution is 5.65. The van der Waals surface area contributed by atoms with Gasteiger partial charge in [0, 0.05) is 6.92 Å². The molecule has 0 spiro atoms. The van der Waals surface area contributed by atoms with Gasteiger partial charge in [-0.15, -0.1) is 0 Å². The molecule has 19 heavy (non-hydrogen) atoms. The molecule has 2 heteroatoms. The molecule has 1 radical (unpaired) electrons. The van der Waals surface area contributed by atoms with Gasteiger partial charge in [0.1, 0.15) is 0 Å². The van der Waals surface area contributed by atoms with Gasteiger partial charge in [-0.05, 0) is 26.2 Å². The third-order valence-electron chi connectivity index (χ3n) is 3.24. The fourth-order valence-electron chi connectivity index (χ4n) is 2.11. The van der Waals surface area contributed by atoms with E-state index in [4.69, 9.17) is 4.74 Å². The van der Waals surface area contributed by atoms with Crippen LogP contribution in [0.5, 0.6) is 0 Å². The van der Waals surface area contributed by atoms with E-state index in [1.165, 1.54) is 71.1 Å². The molecule has 0 rings (SSSR count). The zero-order chi connectivity index (χ0) is 14.2. The number of carbonyl (C=O) groups excluding carboxylic acids is 1. The SMILES string of the molecule is [CH2]C=CCCCCCCCCCCCCOC(C)=O. The number of hydrogen-bond donors (Lipinski definition) is 0. The molecule has 0 saturated heterocycles. The molecule has 0 bridgehead atoms. The van der Waals surface area contributed by atoms with Gasteiger partial charge in [-0.2, -0.15) is 0 Å². The predicted octanol–water partition coefficient (Wildman–Crippen LogP) is 5.23. The van der Waals surface area contributed by atoms with Crippen LogP contribution in [0, 0.1) is 6.92 Å². The third kappa shape index (κ3) is 17.2. The largest absolute Gasteiger partial charge is 0.466 e. The summed E-state index contributed by atoms with van der Waals surface area (Å²) in [5.41, 5.74) is 0. The first kappa shape index (κ1) is 18.2. The quantitative estimate of drug-likeness (QED) is 0.337. The monoisotopic (exact) mass is 267 g/mol. The van der Waals surface area contributed by atoms with Crippen molar-refractivity contribution < 1.29 is 9.53 Å². The smallest absolute Gasteiger partial charge is 0.302 e. The molecule has 0 heterocycles. The van der Waals surface area contributed by atoms with E-state index in [9.17, 15) is 4.79 Å². The van der Waals surface area contributed by atoms with E-state index in [1.807, 2.05) is 6.08 Å². The molecule has 0 fully saturated rings. The summed E-state index contributed by atoms with van der Waals surface area (Å²) in [5, 5.41) is 0. The Balaban J connectivity index is 2.97. The minimum atomic E-state index is -0.161. The Morgan fingerprint density at radius 2 is 1.37 bits per heavy atom. The summed E-state index contributed by atoms with van der Waals surface area (Å²) in [6.45, 7) is 5.75. The van der Waals surface area contributed by atoms with Crippen LogP contribution in [0.2, 0.25) is 0 Å². The van der Waals surface area contributed by atoms with Crippen molar-refractivity contribution in [2.45, 2.75) is 77.6 Å². The fourth-order valence-corrected chi connectivity index (χ4v) is 2.11. The summed E-state index contributed by atoms with van der Waals surface area (Å²) in [6, 6.07) is 0. The minimum Gasteiger partial charge on any atom is -0.466 e. The molecule has 0 aliphatic heterocycles. The van der Waals surface area contributed by atoms with Crippen molar-refractivity contribution in [1.82, 2.24) is 0 Å². The van der Waals surface area contributed by atoms with Crippen molar-refractivity contribution in [2.75, 3.05) is 6.61 Å². The second-order valence-electron chi connectivity index (χ2n) is 5.14. The molecule has 0 amide bonds. The highest BCUT2D eigenvalue weighted by Crippen LogP contribution is 2.11. The second-order valence-corrected chi connectivity index (χ2v) is 5.14. The number of allylic oxidation sites excluding steroid dienone is 2. The average Bonchev–Trinajstić information content (AvgIpc) is 2.39. The van der Waals surface area contributed by atoms with Gasteiger partial charge in [0.2, 0.25) is 0 Å². The summed E-state index contributed by atoms with van der Waals surface area (Å²) in [6.07, 6.45) is 18.2. The lowest BCUT2D eigenvalue weighted by Gasteiger charge is -2.03. The van der Waals surface area contributed by atoms with E-state index in [1.54, 1.807) is 0 Å². The summed E-state index contributed by atoms with van der Waals surface area (Å²) >= 11 is 0. The summed E-state index contributed by atoms with van der Waals surface area (Å²) in [5.74, 6) is -0.161. The Morgan fingerprint density at radius 3 is 1.84 bits per heavy atom. The first-order valence-corrected chi connectivity index (χ1v) is 7.85. The molecule has 0 aromatic carbocycles. The van der Waals surface area contributed by atoms with Gasteiger partial charge in [-0.3, -0.25) is 4.79 Å². The van der Waals surface area contributed by atoms with Crippen LogP contribution >= 0.6 is 0 Å². The molecular formula is C17H31O2. The van der Waals surface area contributed by atoms with Crippen LogP contribution in [0.4, 0.5) is 0 Å². The molecule has 0 unspecified atom stereocenters. The number of carbonyl (C=O) groups is 1. The summed E-state index contributed by atoms with van der Waals surface area (Å²) < 4.78 is 4.89. The van der Waals surface area contributed by atoms with Crippen LogP contribution in [0.3, 0.4) is 0 Å². The summed E-state index contributed by atoms with van der Waals surface area (Å²) in [4.78, 5) is 10.5. The van der Waals surface area contributed by atoms with Crippen LogP contribution in [0.1, 0.15) is 77.6 Å².